The molecule has 2 rings (SSSR count). The van der Waals surface area contributed by atoms with E-state index in [4.69, 9.17) is 0 Å². The van der Waals surface area contributed by atoms with E-state index >= 15 is 0 Å². The second kappa shape index (κ2) is 3.15. The van der Waals surface area contributed by atoms with Crippen molar-refractivity contribution < 1.29 is 0 Å². The summed E-state index contributed by atoms with van der Waals surface area (Å²) < 4.78 is 2.99. The number of nitrogens with zero attached hydrogens (tertiary/aromatic N) is 2. The quantitative estimate of drug-likeness (QED) is 0.669. The van der Waals surface area contributed by atoms with E-state index in [9.17, 15) is 0 Å². The van der Waals surface area contributed by atoms with Gasteiger partial charge >= 0.3 is 0 Å². The Labute approximate surface area is 75.4 Å². The first-order valence-corrected chi connectivity index (χ1v) is 4.66. The Kier molecular flexibility index (Phi) is 1.99. The number of pyridine rings is 1. The maximum atomic E-state index is 4.26. The Morgan fingerprint density at radius 1 is 1.58 bits per heavy atom. The number of fused-ring (bicyclic) bond motifs is 1. The molecular formula is C8H9N3S. The van der Waals surface area contributed by atoms with Crippen molar-refractivity contribution in [1.82, 2.24) is 9.71 Å². The number of hydrogen-bond donors (Lipinski definition) is 1. The lowest BCUT2D eigenvalue weighted by atomic mass is 10.2. The van der Waals surface area contributed by atoms with Gasteiger partial charge in [0.1, 0.15) is 5.69 Å². The Bertz CT molecular complexity index is 322. The zero-order valence-corrected chi connectivity index (χ0v) is 7.56. The predicted octanol–water partition coefficient (Wildman–Crippen LogP) is 1.91. The molecule has 0 aliphatic carbocycles. The van der Waals surface area contributed by atoms with Gasteiger partial charge in [-0.15, -0.1) is 0 Å². The van der Waals surface area contributed by atoms with Gasteiger partial charge in [-0.1, -0.05) is 6.92 Å². The van der Waals surface area contributed by atoms with E-state index in [-0.39, 0.29) is 0 Å². The lowest BCUT2D eigenvalue weighted by molar-refractivity contribution is 1.01. The third kappa shape index (κ3) is 1.18. The van der Waals surface area contributed by atoms with Crippen molar-refractivity contribution in [2.45, 2.75) is 18.2 Å². The zero-order valence-electron chi connectivity index (χ0n) is 6.74. The van der Waals surface area contributed by atoms with E-state index in [0.29, 0.717) is 0 Å². The molecule has 0 radical (unpaired) electrons. The smallest absolute Gasteiger partial charge is 0.102 e. The van der Waals surface area contributed by atoms with Crippen molar-refractivity contribution in [3.8, 4) is 0 Å². The van der Waals surface area contributed by atoms with Crippen LogP contribution in [0.1, 0.15) is 12.6 Å². The summed E-state index contributed by atoms with van der Waals surface area (Å²) >= 11 is 1.58. The first-order chi connectivity index (χ1) is 5.92. The summed E-state index contributed by atoms with van der Waals surface area (Å²) in [6.45, 7) is 2.09. The second-order valence-corrected chi connectivity index (χ2v) is 3.32. The van der Waals surface area contributed by atoms with E-state index in [1.54, 1.807) is 18.3 Å². The van der Waals surface area contributed by atoms with Crippen LogP contribution in [0.5, 0.6) is 0 Å². The average molecular weight is 179 g/mol. The fourth-order valence-electron chi connectivity index (χ4n) is 1.14. The normalized spacial score (nSPS) is 13.8. The van der Waals surface area contributed by atoms with Crippen molar-refractivity contribution in [2.75, 3.05) is 0 Å². The third-order valence-corrected chi connectivity index (χ3v) is 2.49. The Hall–Kier alpha value is -1.03. The highest BCUT2D eigenvalue weighted by atomic mass is 32.2. The summed E-state index contributed by atoms with van der Waals surface area (Å²) in [6.07, 6.45) is 4.46. The zero-order chi connectivity index (χ0) is 8.39. The first kappa shape index (κ1) is 7.61. The monoisotopic (exact) mass is 179 g/mol. The van der Waals surface area contributed by atoms with Crippen molar-refractivity contribution in [2.24, 2.45) is 4.99 Å². The first-order valence-electron chi connectivity index (χ1n) is 3.84. The summed E-state index contributed by atoms with van der Waals surface area (Å²) in [7, 11) is 0. The highest BCUT2D eigenvalue weighted by Crippen LogP contribution is 2.31. The Balaban J connectivity index is 2.54. The predicted molar refractivity (Wildman–Crippen MR) is 50.8 cm³/mol. The number of hydrogen-bond acceptors (Lipinski definition) is 4. The standard InChI is InChI=1S/C8H9N3S/c1-2-6-8-7(3-4-9-6)12-11-5-10-8/h3-5H,2H2,1H3,(H,10,11). The van der Waals surface area contributed by atoms with E-state index in [0.717, 1.165) is 22.7 Å². The molecule has 2 heterocycles. The molecule has 62 valence electrons. The molecule has 1 N–H and O–H groups in total. The molecule has 0 saturated carbocycles. The van der Waals surface area contributed by atoms with E-state index in [1.165, 1.54) is 0 Å². The summed E-state index contributed by atoms with van der Waals surface area (Å²) in [5.41, 5.74) is 2.08. The highest BCUT2D eigenvalue weighted by Gasteiger charge is 2.09. The Morgan fingerprint density at radius 2 is 2.50 bits per heavy atom. The molecule has 1 aliphatic rings. The Morgan fingerprint density at radius 3 is 3.33 bits per heavy atom. The fraction of sp³-hybridized carbons (Fsp3) is 0.250. The van der Waals surface area contributed by atoms with Gasteiger partial charge in [0, 0.05) is 6.20 Å². The molecule has 0 fully saturated rings. The molecule has 1 aliphatic heterocycles. The SMILES string of the molecule is CCc1nccc2c1N=CNS2. The minimum Gasteiger partial charge on any atom is -0.316 e. The molecule has 0 unspecified atom stereocenters. The maximum absolute atomic E-state index is 4.26. The van der Waals surface area contributed by atoms with Crippen LogP contribution < -0.4 is 4.72 Å². The summed E-state index contributed by atoms with van der Waals surface area (Å²) in [5.74, 6) is 0. The van der Waals surface area contributed by atoms with E-state index in [1.807, 2.05) is 12.3 Å². The van der Waals surface area contributed by atoms with Crippen LogP contribution in [0.25, 0.3) is 0 Å². The van der Waals surface area contributed by atoms with Gasteiger partial charge < -0.3 is 4.72 Å². The molecule has 0 bridgehead atoms. The van der Waals surface area contributed by atoms with Gasteiger partial charge in [0.15, 0.2) is 0 Å². The molecule has 0 atom stereocenters. The van der Waals surface area contributed by atoms with Crippen molar-refractivity contribution >= 4 is 24.0 Å². The highest BCUT2D eigenvalue weighted by molar-refractivity contribution is 7.98. The molecule has 0 aromatic carbocycles. The fourth-order valence-corrected chi connectivity index (χ4v) is 1.77. The third-order valence-electron chi connectivity index (χ3n) is 1.71. The van der Waals surface area contributed by atoms with Crippen LogP contribution in [-0.2, 0) is 6.42 Å². The second-order valence-electron chi connectivity index (χ2n) is 2.44. The lowest BCUT2D eigenvalue weighted by Crippen LogP contribution is -2.04. The molecule has 4 heteroatoms. The molecule has 12 heavy (non-hydrogen) atoms. The van der Waals surface area contributed by atoms with Crippen LogP contribution in [0.2, 0.25) is 0 Å². The summed E-state index contributed by atoms with van der Waals surface area (Å²) in [5, 5.41) is 0. The molecule has 0 spiro atoms. The largest absolute Gasteiger partial charge is 0.316 e. The van der Waals surface area contributed by atoms with Crippen LogP contribution in [0.3, 0.4) is 0 Å². The molecular weight excluding hydrogens is 170 g/mol. The minimum atomic E-state index is 0.932. The van der Waals surface area contributed by atoms with Gasteiger partial charge in [0.25, 0.3) is 0 Å². The van der Waals surface area contributed by atoms with Gasteiger partial charge in [-0.25, -0.2) is 4.99 Å². The lowest BCUT2D eigenvalue weighted by Gasteiger charge is -2.11. The molecule has 1 aromatic heterocycles. The van der Waals surface area contributed by atoms with E-state index in [2.05, 4.69) is 21.6 Å². The molecule has 1 aromatic rings. The number of aryl methyl sites for hydroxylation is 1. The van der Waals surface area contributed by atoms with Crippen LogP contribution >= 0.6 is 11.9 Å². The van der Waals surface area contributed by atoms with Crippen LogP contribution in [0.15, 0.2) is 22.2 Å². The van der Waals surface area contributed by atoms with Gasteiger partial charge in [0.2, 0.25) is 0 Å². The maximum Gasteiger partial charge on any atom is 0.102 e. The summed E-state index contributed by atoms with van der Waals surface area (Å²) in [4.78, 5) is 9.66. The number of aliphatic imine (C=N–C) groups is 1. The summed E-state index contributed by atoms with van der Waals surface area (Å²) in [6, 6.07) is 1.97. The van der Waals surface area contributed by atoms with Gasteiger partial charge in [-0.3, -0.25) is 4.98 Å². The van der Waals surface area contributed by atoms with Gasteiger partial charge in [0.05, 0.1) is 16.9 Å². The van der Waals surface area contributed by atoms with Crippen molar-refractivity contribution in [3.05, 3.63) is 18.0 Å². The molecule has 0 saturated heterocycles. The van der Waals surface area contributed by atoms with E-state index < -0.39 is 0 Å². The topological polar surface area (TPSA) is 37.3 Å². The minimum absolute atomic E-state index is 0.932. The van der Waals surface area contributed by atoms with Crippen LogP contribution in [-0.4, -0.2) is 11.3 Å². The van der Waals surface area contributed by atoms with Gasteiger partial charge in [-0.05, 0) is 24.4 Å². The van der Waals surface area contributed by atoms with Gasteiger partial charge in [-0.2, -0.15) is 0 Å². The van der Waals surface area contributed by atoms with Crippen LogP contribution in [0, 0.1) is 0 Å². The van der Waals surface area contributed by atoms with Crippen LogP contribution in [0.4, 0.5) is 5.69 Å². The number of rotatable bonds is 1. The van der Waals surface area contributed by atoms with Crippen molar-refractivity contribution in [3.63, 3.8) is 0 Å². The number of nitrogens with one attached hydrogen (secondary N) is 1. The number of aromatic nitrogens is 1. The molecule has 3 nitrogen and oxygen atoms in total. The average Bonchev–Trinajstić information content (AvgIpc) is 2.17. The molecule has 0 amide bonds. The van der Waals surface area contributed by atoms with Crippen molar-refractivity contribution in [1.29, 1.82) is 0 Å².